The van der Waals surface area contributed by atoms with E-state index in [0.29, 0.717) is 11.4 Å². The highest BCUT2D eigenvalue weighted by Crippen LogP contribution is 2.05. The number of carbonyl (C=O) groups excluding carboxylic acids is 4. The zero-order valence-electron chi connectivity index (χ0n) is 19.0. The maximum absolute atomic E-state index is 13.2. The number of H-pyrrole nitrogens is 2. The lowest BCUT2D eigenvalue weighted by Crippen LogP contribution is -2.58. The highest BCUT2D eigenvalue weighted by Gasteiger charge is 2.30. The first kappa shape index (κ1) is 27.0. The van der Waals surface area contributed by atoms with Crippen molar-refractivity contribution in [3.8, 4) is 0 Å². The van der Waals surface area contributed by atoms with Crippen LogP contribution in [0, 0.1) is 0 Å². The fraction of sp³-hybridized carbons (Fsp3) is 0.450. The molecule has 2 aromatic heterocycles. The molecule has 15 heteroatoms. The summed E-state index contributed by atoms with van der Waals surface area (Å²) in [5, 5.41) is 16.5. The number of aromatic amines is 2. The van der Waals surface area contributed by atoms with Crippen molar-refractivity contribution < 1.29 is 29.1 Å². The SMILES string of the molecule is CC(NC(=O)C(Cc1cnc[nH]1)NC(=O)C(Cc1cnc[nH]1)NC(=O)C(N)CCC(N)=O)C(=O)O. The number of carboxylic acid groups (broad SMARTS) is 1. The molecule has 190 valence electrons. The molecule has 0 radical (unpaired) electrons. The molecule has 0 aliphatic carbocycles. The predicted octanol–water partition coefficient (Wildman–Crippen LogP) is -2.93. The van der Waals surface area contributed by atoms with E-state index in [1.807, 2.05) is 0 Å². The van der Waals surface area contributed by atoms with Crippen molar-refractivity contribution >= 4 is 29.6 Å². The summed E-state index contributed by atoms with van der Waals surface area (Å²) in [5.74, 6) is -4.03. The maximum atomic E-state index is 13.2. The Bertz CT molecular complexity index is 1010. The predicted molar refractivity (Wildman–Crippen MR) is 120 cm³/mol. The van der Waals surface area contributed by atoms with Crippen LogP contribution in [0.3, 0.4) is 0 Å². The molecule has 0 fully saturated rings. The number of carboxylic acids is 1. The molecule has 0 bridgehead atoms. The van der Waals surface area contributed by atoms with Crippen LogP contribution < -0.4 is 27.4 Å². The molecule has 0 aliphatic rings. The molecule has 2 rings (SSSR count). The third-order valence-corrected chi connectivity index (χ3v) is 4.99. The summed E-state index contributed by atoms with van der Waals surface area (Å²) in [5.41, 5.74) is 11.9. The average Bonchev–Trinajstić information content (AvgIpc) is 3.50. The van der Waals surface area contributed by atoms with Crippen molar-refractivity contribution in [2.24, 2.45) is 11.5 Å². The number of amides is 4. The standard InChI is InChI=1S/C20H29N9O6/c1-10(20(34)35)27-18(32)14(4-11-6-23-8-25-11)29-19(33)15(5-12-7-24-9-26-12)28-17(31)13(21)2-3-16(22)30/h6-10,13-15H,2-5,21H2,1H3,(H2,22,30)(H,23,25)(H,24,26)(H,27,32)(H,28,31)(H,29,33)(H,34,35). The molecule has 4 amide bonds. The third kappa shape index (κ3) is 8.88. The normalized spacial score (nSPS) is 14.2. The maximum Gasteiger partial charge on any atom is 0.325 e. The zero-order valence-corrected chi connectivity index (χ0v) is 19.0. The zero-order chi connectivity index (χ0) is 26.0. The van der Waals surface area contributed by atoms with Gasteiger partial charge in [0.2, 0.25) is 23.6 Å². The second-order valence-corrected chi connectivity index (χ2v) is 7.86. The van der Waals surface area contributed by atoms with Gasteiger partial charge < -0.3 is 42.5 Å². The number of nitrogens with one attached hydrogen (secondary N) is 5. The molecule has 0 spiro atoms. The van der Waals surface area contributed by atoms with Gasteiger partial charge >= 0.3 is 5.97 Å². The number of nitrogens with zero attached hydrogens (tertiary/aromatic N) is 2. The summed E-state index contributed by atoms with van der Waals surface area (Å²) < 4.78 is 0. The molecule has 2 heterocycles. The Morgan fingerprint density at radius 3 is 1.83 bits per heavy atom. The molecule has 2 aromatic rings. The summed E-state index contributed by atoms with van der Waals surface area (Å²) >= 11 is 0. The summed E-state index contributed by atoms with van der Waals surface area (Å²) in [6, 6.07) is -4.65. The van der Waals surface area contributed by atoms with Crippen LogP contribution in [0.5, 0.6) is 0 Å². The van der Waals surface area contributed by atoms with E-state index in [1.165, 1.54) is 32.0 Å². The molecule has 10 N–H and O–H groups in total. The third-order valence-electron chi connectivity index (χ3n) is 4.99. The summed E-state index contributed by atoms with van der Waals surface area (Å²) in [4.78, 5) is 74.0. The first-order chi connectivity index (χ1) is 16.6. The Labute approximate surface area is 199 Å². The number of hydrogen-bond donors (Lipinski definition) is 8. The van der Waals surface area contributed by atoms with Gasteiger partial charge in [0.25, 0.3) is 0 Å². The second-order valence-electron chi connectivity index (χ2n) is 7.86. The van der Waals surface area contributed by atoms with E-state index in [9.17, 15) is 24.0 Å². The van der Waals surface area contributed by atoms with E-state index in [2.05, 4.69) is 35.9 Å². The van der Waals surface area contributed by atoms with Crippen molar-refractivity contribution in [3.05, 3.63) is 36.4 Å². The van der Waals surface area contributed by atoms with Gasteiger partial charge in [0.05, 0.1) is 18.7 Å². The van der Waals surface area contributed by atoms with Crippen molar-refractivity contribution in [1.82, 2.24) is 35.9 Å². The van der Waals surface area contributed by atoms with E-state index in [0.717, 1.165) is 0 Å². The van der Waals surface area contributed by atoms with E-state index < -0.39 is 53.8 Å². The van der Waals surface area contributed by atoms with Crippen LogP contribution in [-0.4, -0.2) is 78.8 Å². The molecule has 4 atom stereocenters. The molecule has 0 aliphatic heterocycles. The van der Waals surface area contributed by atoms with Gasteiger partial charge in [0, 0.05) is 43.0 Å². The van der Waals surface area contributed by atoms with Crippen molar-refractivity contribution in [2.75, 3.05) is 0 Å². The van der Waals surface area contributed by atoms with Gasteiger partial charge in [-0.1, -0.05) is 0 Å². The van der Waals surface area contributed by atoms with Crippen LogP contribution in [0.4, 0.5) is 0 Å². The van der Waals surface area contributed by atoms with Crippen LogP contribution >= 0.6 is 0 Å². The highest BCUT2D eigenvalue weighted by molar-refractivity contribution is 5.94. The van der Waals surface area contributed by atoms with Gasteiger partial charge in [-0.05, 0) is 13.3 Å². The van der Waals surface area contributed by atoms with Crippen LogP contribution in [0.2, 0.25) is 0 Å². The number of aliphatic carboxylic acids is 1. The van der Waals surface area contributed by atoms with Gasteiger partial charge in [-0.15, -0.1) is 0 Å². The smallest absolute Gasteiger partial charge is 0.325 e. The van der Waals surface area contributed by atoms with Crippen molar-refractivity contribution in [3.63, 3.8) is 0 Å². The number of nitrogens with two attached hydrogens (primary N) is 2. The number of primary amides is 1. The number of carbonyl (C=O) groups is 5. The van der Waals surface area contributed by atoms with Gasteiger partial charge in [0.15, 0.2) is 0 Å². The number of hydrogen-bond acceptors (Lipinski definition) is 8. The fourth-order valence-electron chi connectivity index (χ4n) is 3.01. The number of aromatic nitrogens is 4. The second kappa shape index (κ2) is 12.8. The van der Waals surface area contributed by atoms with Crippen LogP contribution in [-0.2, 0) is 36.8 Å². The molecular weight excluding hydrogens is 462 g/mol. The largest absolute Gasteiger partial charge is 0.480 e. The van der Waals surface area contributed by atoms with Crippen LogP contribution in [0.25, 0.3) is 0 Å². The Hall–Kier alpha value is -4.27. The lowest BCUT2D eigenvalue weighted by molar-refractivity contribution is -0.141. The van der Waals surface area contributed by atoms with Gasteiger partial charge in [-0.3, -0.25) is 24.0 Å². The molecule has 0 aromatic carbocycles. The molecular formula is C20H29N9O6. The summed E-state index contributed by atoms with van der Waals surface area (Å²) in [6.45, 7) is 1.28. The first-order valence-corrected chi connectivity index (χ1v) is 10.7. The highest BCUT2D eigenvalue weighted by atomic mass is 16.4. The van der Waals surface area contributed by atoms with E-state index in [4.69, 9.17) is 16.6 Å². The molecule has 15 nitrogen and oxygen atoms in total. The van der Waals surface area contributed by atoms with E-state index in [-0.39, 0.29) is 25.7 Å². The van der Waals surface area contributed by atoms with E-state index in [1.54, 1.807) is 0 Å². The minimum absolute atomic E-state index is 0.00988. The lowest BCUT2D eigenvalue weighted by Gasteiger charge is -2.24. The molecule has 35 heavy (non-hydrogen) atoms. The summed E-state index contributed by atoms with van der Waals surface area (Å²) in [6.07, 6.45) is 5.54. The molecule has 0 saturated heterocycles. The molecule has 4 unspecified atom stereocenters. The minimum Gasteiger partial charge on any atom is -0.480 e. The molecule has 0 saturated carbocycles. The lowest BCUT2D eigenvalue weighted by atomic mass is 10.1. The Balaban J connectivity index is 2.18. The van der Waals surface area contributed by atoms with Gasteiger partial charge in [-0.25, -0.2) is 9.97 Å². The van der Waals surface area contributed by atoms with Gasteiger partial charge in [0.1, 0.15) is 18.1 Å². The Kier molecular flexibility index (Phi) is 9.89. The monoisotopic (exact) mass is 491 g/mol. The first-order valence-electron chi connectivity index (χ1n) is 10.7. The summed E-state index contributed by atoms with van der Waals surface area (Å²) in [7, 11) is 0. The number of rotatable bonds is 14. The van der Waals surface area contributed by atoms with E-state index >= 15 is 0 Å². The van der Waals surface area contributed by atoms with Crippen LogP contribution in [0.15, 0.2) is 25.0 Å². The average molecular weight is 492 g/mol. The fourth-order valence-corrected chi connectivity index (χ4v) is 3.01. The van der Waals surface area contributed by atoms with Gasteiger partial charge in [-0.2, -0.15) is 0 Å². The Morgan fingerprint density at radius 2 is 1.40 bits per heavy atom. The van der Waals surface area contributed by atoms with Crippen molar-refractivity contribution in [1.29, 1.82) is 0 Å². The minimum atomic E-state index is -1.25. The van der Waals surface area contributed by atoms with Crippen molar-refractivity contribution in [2.45, 2.75) is 56.8 Å². The van der Waals surface area contributed by atoms with Crippen LogP contribution in [0.1, 0.15) is 31.2 Å². The Morgan fingerprint density at radius 1 is 0.914 bits per heavy atom. The topological polar surface area (TPSA) is 251 Å². The quantitative estimate of drug-likeness (QED) is 0.134. The number of imidazole rings is 2.